The second-order valence-corrected chi connectivity index (χ2v) is 7.56. The molecule has 0 bridgehead atoms. The molecule has 7 nitrogen and oxygen atoms in total. The molecule has 0 atom stereocenters. The molecule has 1 N–H and O–H groups in total. The smallest absolute Gasteiger partial charge is 0.341 e. The number of esters is 1. The fourth-order valence-electron chi connectivity index (χ4n) is 3.19. The second-order valence-electron chi connectivity index (χ2n) is 6.46. The summed E-state index contributed by atoms with van der Waals surface area (Å²) >= 11 is 1.44. The Balaban J connectivity index is 1.76. The van der Waals surface area contributed by atoms with Gasteiger partial charge in [-0.15, -0.1) is 11.3 Å². The number of carbonyl (C=O) groups is 3. The normalized spacial score (nSPS) is 13.9. The van der Waals surface area contributed by atoms with Gasteiger partial charge in [0.25, 0.3) is 0 Å². The zero-order valence-corrected chi connectivity index (χ0v) is 16.3. The number of carbonyl (C=O) groups excluding carboxylic acids is 3. The Hall–Kier alpha value is -2.45. The minimum atomic E-state index is -0.386. The number of ether oxygens (including phenoxy) is 1. The number of aryl methyl sites for hydroxylation is 1. The Morgan fingerprint density at radius 3 is 2.96 bits per heavy atom. The summed E-state index contributed by atoms with van der Waals surface area (Å²) in [5.41, 5.74) is 2.01. The van der Waals surface area contributed by atoms with Crippen LogP contribution in [0.25, 0.3) is 0 Å². The number of likely N-dealkylation sites (N-methyl/N-ethyl adjacent to an activating group) is 1. The molecule has 3 rings (SSSR count). The summed E-state index contributed by atoms with van der Waals surface area (Å²) in [6.07, 6.45) is 3.50. The van der Waals surface area contributed by atoms with Crippen molar-refractivity contribution >= 4 is 34.5 Å². The van der Waals surface area contributed by atoms with E-state index >= 15 is 0 Å². The summed E-state index contributed by atoms with van der Waals surface area (Å²) in [7, 11) is 2.03. The summed E-state index contributed by atoms with van der Waals surface area (Å²) in [5.74, 6) is -0.582. The highest BCUT2D eigenvalue weighted by Gasteiger charge is 2.28. The van der Waals surface area contributed by atoms with Gasteiger partial charge in [0.05, 0.1) is 17.9 Å². The second kappa shape index (κ2) is 8.49. The van der Waals surface area contributed by atoms with Crippen LogP contribution >= 0.6 is 11.3 Å². The number of aromatic nitrogens is 1. The molecule has 144 valence electrons. The molecule has 2 aromatic rings. The lowest BCUT2D eigenvalue weighted by Crippen LogP contribution is -2.26. The topological polar surface area (TPSA) is 80.6 Å². The monoisotopic (exact) mass is 389 g/mol. The molecule has 0 radical (unpaired) electrons. The number of rotatable bonds is 7. The maximum absolute atomic E-state index is 12.5. The Kier molecular flexibility index (Phi) is 6.08. The van der Waals surface area contributed by atoms with Gasteiger partial charge < -0.3 is 19.5 Å². The molecule has 3 heterocycles. The van der Waals surface area contributed by atoms with E-state index in [1.165, 1.54) is 11.3 Å². The van der Waals surface area contributed by atoms with E-state index in [0.717, 1.165) is 36.2 Å². The lowest BCUT2D eigenvalue weighted by atomic mass is 10.0. The number of fused-ring (bicyclic) bond motifs is 1. The molecule has 0 aromatic carbocycles. The van der Waals surface area contributed by atoms with Crippen LogP contribution < -0.4 is 5.32 Å². The van der Waals surface area contributed by atoms with Crippen molar-refractivity contribution in [1.82, 2.24) is 9.47 Å². The first-order valence-electron chi connectivity index (χ1n) is 8.93. The summed E-state index contributed by atoms with van der Waals surface area (Å²) in [4.78, 5) is 39.2. The van der Waals surface area contributed by atoms with Crippen molar-refractivity contribution in [3.05, 3.63) is 40.0 Å². The average molecular weight is 389 g/mol. The maximum Gasteiger partial charge on any atom is 0.341 e. The SMILES string of the molecule is CCOC(=O)c1c(NC(=O)CCn2cccc2C=O)sc2c1CCN(C)C2. The van der Waals surface area contributed by atoms with Crippen LogP contribution in [0, 0.1) is 0 Å². The third-order valence-corrected chi connectivity index (χ3v) is 5.68. The Labute approximate surface area is 161 Å². The highest BCUT2D eigenvalue weighted by molar-refractivity contribution is 7.17. The van der Waals surface area contributed by atoms with E-state index in [1.54, 1.807) is 29.8 Å². The van der Waals surface area contributed by atoms with Gasteiger partial charge in [-0.05, 0) is 38.1 Å². The Bertz CT molecular complexity index is 855. The fraction of sp³-hybridized carbons (Fsp3) is 0.421. The molecule has 0 spiro atoms. The predicted octanol–water partition coefficient (Wildman–Crippen LogP) is 2.56. The Morgan fingerprint density at radius 2 is 2.22 bits per heavy atom. The van der Waals surface area contributed by atoms with Crippen molar-refractivity contribution in [2.75, 3.05) is 25.5 Å². The van der Waals surface area contributed by atoms with Crippen molar-refractivity contribution in [2.24, 2.45) is 0 Å². The van der Waals surface area contributed by atoms with E-state index in [2.05, 4.69) is 10.2 Å². The number of anilines is 1. The van der Waals surface area contributed by atoms with E-state index in [-0.39, 0.29) is 18.3 Å². The van der Waals surface area contributed by atoms with Crippen LogP contribution in [-0.4, -0.2) is 47.8 Å². The molecule has 1 aliphatic rings. The average Bonchev–Trinajstić information content (AvgIpc) is 3.23. The molecular formula is C19H23N3O4S. The van der Waals surface area contributed by atoms with E-state index in [4.69, 9.17) is 4.74 Å². The van der Waals surface area contributed by atoms with E-state index in [9.17, 15) is 14.4 Å². The molecule has 8 heteroatoms. The number of aldehydes is 1. The van der Waals surface area contributed by atoms with Gasteiger partial charge in [0, 0.05) is 37.1 Å². The minimum Gasteiger partial charge on any atom is -0.462 e. The quantitative estimate of drug-likeness (QED) is 0.581. The van der Waals surface area contributed by atoms with Gasteiger partial charge in [0.15, 0.2) is 6.29 Å². The van der Waals surface area contributed by atoms with E-state index < -0.39 is 0 Å². The molecule has 0 saturated carbocycles. The third-order valence-electron chi connectivity index (χ3n) is 4.55. The van der Waals surface area contributed by atoms with E-state index in [1.807, 2.05) is 7.05 Å². The number of nitrogens with one attached hydrogen (secondary N) is 1. The van der Waals surface area contributed by atoms with Crippen LogP contribution in [0.5, 0.6) is 0 Å². The van der Waals surface area contributed by atoms with Gasteiger partial charge in [-0.2, -0.15) is 0 Å². The standard InChI is InChI=1S/C19H23N3O4S/c1-3-26-19(25)17-14-6-9-21(2)11-15(14)27-18(17)20-16(24)7-10-22-8-4-5-13(22)12-23/h4-5,8,12H,3,6-7,9-11H2,1-2H3,(H,20,24). The highest BCUT2D eigenvalue weighted by atomic mass is 32.1. The van der Waals surface area contributed by atoms with Gasteiger partial charge >= 0.3 is 5.97 Å². The van der Waals surface area contributed by atoms with Crippen LogP contribution in [0.4, 0.5) is 5.00 Å². The first-order valence-corrected chi connectivity index (χ1v) is 9.75. The number of amides is 1. The number of hydrogen-bond donors (Lipinski definition) is 1. The first-order chi connectivity index (χ1) is 13.0. The van der Waals surface area contributed by atoms with Gasteiger partial charge in [-0.25, -0.2) is 4.79 Å². The molecule has 0 fully saturated rings. The fourth-order valence-corrected chi connectivity index (χ4v) is 4.52. The molecule has 0 aliphatic carbocycles. The zero-order valence-electron chi connectivity index (χ0n) is 15.5. The summed E-state index contributed by atoms with van der Waals surface area (Å²) in [6.45, 7) is 4.08. The number of hydrogen-bond acceptors (Lipinski definition) is 6. The van der Waals surface area contributed by atoms with Gasteiger partial charge in [-0.3, -0.25) is 9.59 Å². The van der Waals surface area contributed by atoms with Crippen molar-refractivity contribution in [3.8, 4) is 0 Å². The van der Waals surface area contributed by atoms with Crippen LogP contribution in [0.2, 0.25) is 0 Å². The van der Waals surface area contributed by atoms with Crippen molar-refractivity contribution < 1.29 is 19.1 Å². The first kappa shape index (κ1) is 19.3. The maximum atomic E-state index is 12.5. The highest BCUT2D eigenvalue weighted by Crippen LogP contribution is 2.37. The summed E-state index contributed by atoms with van der Waals surface area (Å²) < 4.78 is 6.94. The molecule has 27 heavy (non-hydrogen) atoms. The van der Waals surface area contributed by atoms with Gasteiger partial charge in [-0.1, -0.05) is 0 Å². The molecule has 1 amide bonds. The summed E-state index contributed by atoms with van der Waals surface area (Å²) in [5, 5.41) is 3.44. The van der Waals surface area contributed by atoms with Crippen LogP contribution in [-0.2, 0) is 29.0 Å². The molecule has 2 aromatic heterocycles. The number of nitrogens with zero attached hydrogens (tertiary/aromatic N) is 2. The van der Waals surface area contributed by atoms with Crippen molar-refractivity contribution in [2.45, 2.75) is 32.9 Å². The molecule has 0 saturated heterocycles. The largest absolute Gasteiger partial charge is 0.462 e. The van der Waals surface area contributed by atoms with Gasteiger partial charge in [0.1, 0.15) is 5.00 Å². The molecule has 0 unspecified atom stereocenters. The van der Waals surface area contributed by atoms with Gasteiger partial charge in [0.2, 0.25) is 5.91 Å². The van der Waals surface area contributed by atoms with E-state index in [0.29, 0.717) is 29.4 Å². The third kappa shape index (κ3) is 4.28. The van der Waals surface area contributed by atoms with Crippen molar-refractivity contribution in [3.63, 3.8) is 0 Å². The Morgan fingerprint density at radius 1 is 1.41 bits per heavy atom. The predicted molar refractivity (Wildman–Crippen MR) is 103 cm³/mol. The number of thiophene rings is 1. The van der Waals surface area contributed by atoms with Crippen LogP contribution in [0.1, 0.15) is 44.6 Å². The lowest BCUT2D eigenvalue weighted by molar-refractivity contribution is -0.116. The zero-order chi connectivity index (χ0) is 19.4. The van der Waals surface area contributed by atoms with Crippen LogP contribution in [0.15, 0.2) is 18.3 Å². The van der Waals surface area contributed by atoms with Crippen molar-refractivity contribution in [1.29, 1.82) is 0 Å². The lowest BCUT2D eigenvalue weighted by Gasteiger charge is -2.22. The minimum absolute atomic E-state index is 0.196. The molecule has 1 aliphatic heterocycles. The van der Waals surface area contributed by atoms with Crippen LogP contribution in [0.3, 0.4) is 0 Å². The molecular weight excluding hydrogens is 366 g/mol. The summed E-state index contributed by atoms with van der Waals surface area (Å²) in [6, 6.07) is 3.47.